The summed E-state index contributed by atoms with van der Waals surface area (Å²) in [6.07, 6.45) is 2.01. The highest BCUT2D eigenvalue weighted by Crippen LogP contribution is 2.22. The Morgan fingerprint density at radius 3 is 2.20 bits per heavy atom. The molecule has 0 amide bonds. The van der Waals surface area contributed by atoms with Gasteiger partial charge in [-0.2, -0.15) is 0 Å². The van der Waals surface area contributed by atoms with Crippen LogP contribution in [0.25, 0.3) is 0 Å². The average Bonchev–Trinajstić information content (AvgIpc) is 2.70. The van der Waals surface area contributed by atoms with Gasteiger partial charge in [0.25, 0.3) is 0 Å². The van der Waals surface area contributed by atoms with Crippen molar-refractivity contribution in [2.75, 3.05) is 18.0 Å². The second kappa shape index (κ2) is 5.37. The second-order valence-electron chi connectivity index (χ2n) is 5.11. The lowest BCUT2D eigenvalue weighted by Crippen LogP contribution is -2.26. The van der Waals surface area contributed by atoms with E-state index in [-0.39, 0.29) is 0 Å². The number of benzene rings is 2. The number of anilines is 1. The largest absolute Gasteiger partial charge is 0.478 e. The highest BCUT2D eigenvalue weighted by molar-refractivity contribution is 5.88. The van der Waals surface area contributed by atoms with Crippen LogP contribution in [0.2, 0.25) is 0 Å². The first-order valence-corrected chi connectivity index (χ1v) is 6.89. The van der Waals surface area contributed by atoms with Gasteiger partial charge in [0, 0.05) is 18.8 Å². The van der Waals surface area contributed by atoms with Gasteiger partial charge < -0.3 is 10.0 Å². The fourth-order valence-corrected chi connectivity index (χ4v) is 2.76. The maximum atomic E-state index is 11.1. The van der Waals surface area contributed by atoms with Gasteiger partial charge in [-0.25, -0.2) is 4.79 Å². The highest BCUT2D eigenvalue weighted by Gasteiger charge is 2.15. The minimum Gasteiger partial charge on any atom is -0.478 e. The summed E-state index contributed by atoms with van der Waals surface area (Å²) >= 11 is 0. The molecule has 102 valence electrons. The van der Waals surface area contributed by atoms with Crippen molar-refractivity contribution in [2.24, 2.45) is 0 Å². The summed E-state index contributed by atoms with van der Waals surface area (Å²) in [6, 6.07) is 15.7. The lowest BCUT2D eigenvalue weighted by molar-refractivity contribution is 0.0697. The second-order valence-corrected chi connectivity index (χ2v) is 5.11. The molecular weight excluding hydrogens is 250 g/mol. The molecule has 0 bridgehead atoms. The van der Waals surface area contributed by atoms with Crippen molar-refractivity contribution < 1.29 is 9.90 Å². The van der Waals surface area contributed by atoms with Crippen molar-refractivity contribution in [1.29, 1.82) is 0 Å². The molecule has 0 radical (unpaired) electrons. The standard InChI is InChI=1S/C17H17NO2/c19-17(20)15-6-3-7-16(12-15)18-10-8-13-4-1-2-5-14(13)9-11-18/h1-7,12H,8-11H2,(H,19,20). The number of carboxylic acid groups (broad SMARTS) is 1. The summed E-state index contributed by atoms with van der Waals surface area (Å²) in [5.74, 6) is -0.870. The Hall–Kier alpha value is -2.29. The normalized spacial score (nSPS) is 14.5. The summed E-state index contributed by atoms with van der Waals surface area (Å²) in [5.41, 5.74) is 4.16. The van der Waals surface area contributed by atoms with E-state index in [0.717, 1.165) is 31.6 Å². The first-order valence-electron chi connectivity index (χ1n) is 6.89. The molecule has 1 N–H and O–H groups in total. The van der Waals surface area contributed by atoms with E-state index in [9.17, 15) is 4.79 Å². The van der Waals surface area contributed by atoms with Gasteiger partial charge in [-0.3, -0.25) is 0 Å². The smallest absolute Gasteiger partial charge is 0.335 e. The molecule has 0 fully saturated rings. The summed E-state index contributed by atoms with van der Waals surface area (Å²) in [5, 5.41) is 9.09. The minimum atomic E-state index is -0.870. The Labute approximate surface area is 118 Å². The lowest BCUT2D eigenvalue weighted by Gasteiger charge is -2.22. The third-order valence-corrected chi connectivity index (χ3v) is 3.88. The topological polar surface area (TPSA) is 40.5 Å². The summed E-state index contributed by atoms with van der Waals surface area (Å²) < 4.78 is 0. The Bertz CT molecular complexity index is 609. The predicted molar refractivity (Wildman–Crippen MR) is 79.5 cm³/mol. The molecule has 20 heavy (non-hydrogen) atoms. The van der Waals surface area contributed by atoms with E-state index in [1.807, 2.05) is 12.1 Å². The van der Waals surface area contributed by atoms with Gasteiger partial charge in [-0.05, 0) is 42.2 Å². The molecule has 0 aliphatic carbocycles. The first kappa shape index (κ1) is 12.7. The number of rotatable bonds is 2. The van der Waals surface area contributed by atoms with Gasteiger partial charge in [0.1, 0.15) is 0 Å². The van der Waals surface area contributed by atoms with Gasteiger partial charge in [0.05, 0.1) is 5.56 Å². The van der Waals surface area contributed by atoms with Crippen molar-refractivity contribution in [3.05, 3.63) is 65.2 Å². The molecule has 2 aromatic carbocycles. The molecule has 0 aromatic heterocycles. The van der Waals surface area contributed by atoms with Crippen LogP contribution in [0.15, 0.2) is 48.5 Å². The molecule has 3 rings (SSSR count). The zero-order valence-electron chi connectivity index (χ0n) is 11.2. The predicted octanol–water partition coefficient (Wildman–Crippen LogP) is 2.99. The number of nitrogens with zero attached hydrogens (tertiary/aromatic N) is 1. The molecule has 1 heterocycles. The fraction of sp³-hybridized carbons (Fsp3) is 0.235. The van der Waals surface area contributed by atoms with E-state index in [4.69, 9.17) is 5.11 Å². The van der Waals surface area contributed by atoms with Gasteiger partial charge in [0.2, 0.25) is 0 Å². The van der Waals surface area contributed by atoms with E-state index in [1.165, 1.54) is 11.1 Å². The Morgan fingerprint density at radius 1 is 0.950 bits per heavy atom. The Morgan fingerprint density at radius 2 is 1.60 bits per heavy atom. The number of hydrogen-bond acceptors (Lipinski definition) is 2. The third-order valence-electron chi connectivity index (χ3n) is 3.88. The van der Waals surface area contributed by atoms with Crippen LogP contribution in [0.5, 0.6) is 0 Å². The summed E-state index contributed by atoms with van der Waals surface area (Å²) in [4.78, 5) is 13.3. The number of hydrogen-bond donors (Lipinski definition) is 1. The van der Waals surface area contributed by atoms with E-state index < -0.39 is 5.97 Å². The average molecular weight is 267 g/mol. The number of fused-ring (bicyclic) bond motifs is 1. The zero-order chi connectivity index (χ0) is 13.9. The third kappa shape index (κ3) is 2.52. The molecule has 2 aromatic rings. The lowest BCUT2D eigenvalue weighted by atomic mass is 10.0. The van der Waals surface area contributed by atoms with E-state index in [2.05, 4.69) is 29.2 Å². The van der Waals surface area contributed by atoms with Gasteiger partial charge in [0.15, 0.2) is 0 Å². The van der Waals surface area contributed by atoms with Crippen LogP contribution < -0.4 is 4.90 Å². The Balaban J connectivity index is 1.83. The van der Waals surface area contributed by atoms with Gasteiger partial charge in [-0.1, -0.05) is 30.3 Å². The van der Waals surface area contributed by atoms with Crippen LogP contribution in [0.1, 0.15) is 21.5 Å². The fourth-order valence-electron chi connectivity index (χ4n) is 2.76. The molecule has 0 saturated carbocycles. The summed E-state index contributed by atoms with van der Waals surface area (Å²) in [7, 11) is 0. The quantitative estimate of drug-likeness (QED) is 0.909. The summed E-state index contributed by atoms with van der Waals surface area (Å²) in [6.45, 7) is 1.86. The van der Waals surface area contributed by atoms with Crippen molar-refractivity contribution in [1.82, 2.24) is 0 Å². The SMILES string of the molecule is O=C(O)c1cccc(N2CCc3ccccc3CC2)c1. The molecule has 3 heteroatoms. The molecule has 1 aliphatic rings. The van der Waals surface area contributed by atoms with Gasteiger partial charge >= 0.3 is 5.97 Å². The molecule has 0 unspecified atom stereocenters. The molecule has 0 atom stereocenters. The van der Waals surface area contributed by atoms with Crippen LogP contribution >= 0.6 is 0 Å². The molecular formula is C17H17NO2. The maximum Gasteiger partial charge on any atom is 0.335 e. The minimum absolute atomic E-state index is 0.351. The van der Waals surface area contributed by atoms with Crippen LogP contribution in [-0.4, -0.2) is 24.2 Å². The van der Waals surface area contributed by atoms with Gasteiger partial charge in [-0.15, -0.1) is 0 Å². The molecule has 1 aliphatic heterocycles. The monoisotopic (exact) mass is 267 g/mol. The van der Waals surface area contributed by atoms with Crippen LogP contribution in [-0.2, 0) is 12.8 Å². The maximum absolute atomic E-state index is 11.1. The van der Waals surface area contributed by atoms with Crippen LogP contribution in [0, 0.1) is 0 Å². The molecule has 0 spiro atoms. The number of carboxylic acids is 1. The Kier molecular flexibility index (Phi) is 3.42. The van der Waals surface area contributed by atoms with Crippen molar-refractivity contribution in [2.45, 2.75) is 12.8 Å². The van der Waals surface area contributed by atoms with Crippen LogP contribution in [0.3, 0.4) is 0 Å². The molecule has 3 nitrogen and oxygen atoms in total. The highest BCUT2D eigenvalue weighted by atomic mass is 16.4. The number of aromatic carboxylic acids is 1. The first-order chi connectivity index (χ1) is 9.74. The van der Waals surface area contributed by atoms with Crippen molar-refractivity contribution in [3.63, 3.8) is 0 Å². The molecule has 0 saturated heterocycles. The number of carbonyl (C=O) groups is 1. The van der Waals surface area contributed by atoms with E-state index in [1.54, 1.807) is 12.1 Å². The van der Waals surface area contributed by atoms with E-state index in [0.29, 0.717) is 5.56 Å². The van der Waals surface area contributed by atoms with Crippen molar-refractivity contribution >= 4 is 11.7 Å². The van der Waals surface area contributed by atoms with Crippen LogP contribution in [0.4, 0.5) is 5.69 Å². The van der Waals surface area contributed by atoms with Crippen molar-refractivity contribution in [3.8, 4) is 0 Å². The van der Waals surface area contributed by atoms with E-state index >= 15 is 0 Å². The zero-order valence-corrected chi connectivity index (χ0v) is 11.2.